The van der Waals surface area contributed by atoms with Gasteiger partial charge < -0.3 is 5.32 Å². The van der Waals surface area contributed by atoms with E-state index in [1.165, 1.54) is 19.3 Å². The third-order valence-electron chi connectivity index (χ3n) is 3.55. The van der Waals surface area contributed by atoms with Crippen molar-refractivity contribution in [3.63, 3.8) is 0 Å². The maximum atomic E-state index is 3.85. The third kappa shape index (κ3) is 4.55. The minimum Gasteiger partial charge on any atom is -0.311 e. The first-order valence-corrected chi connectivity index (χ1v) is 6.56. The van der Waals surface area contributed by atoms with Gasteiger partial charge in [-0.25, -0.2) is 0 Å². The van der Waals surface area contributed by atoms with Crippen LogP contribution in [0.25, 0.3) is 0 Å². The van der Waals surface area contributed by atoms with Crippen molar-refractivity contribution in [3.8, 4) is 0 Å². The van der Waals surface area contributed by atoms with Gasteiger partial charge in [-0.3, -0.25) is 0 Å². The zero-order chi connectivity index (χ0) is 11.6. The van der Waals surface area contributed by atoms with E-state index in [1.807, 2.05) is 0 Å². The van der Waals surface area contributed by atoms with Crippen LogP contribution in [0.3, 0.4) is 0 Å². The molecule has 90 valence electrons. The number of hydrogen-bond acceptors (Lipinski definition) is 1. The average Bonchev–Trinajstić information content (AvgIpc) is 2.81. The SMILES string of the molecule is CC(C)CC(NC(C)C1CC1)C(C)(C)C. The molecule has 0 amide bonds. The molecule has 1 fully saturated rings. The van der Waals surface area contributed by atoms with Gasteiger partial charge >= 0.3 is 0 Å². The maximum absolute atomic E-state index is 3.85. The van der Waals surface area contributed by atoms with Crippen LogP contribution >= 0.6 is 0 Å². The molecule has 0 aromatic heterocycles. The molecule has 0 spiro atoms. The number of hydrogen-bond donors (Lipinski definition) is 1. The Morgan fingerprint density at radius 3 is 2.00 bits per heavy atom. The molecule has 1 aliphatic rings. The maximum Gasteiger partial charge on any atom is 0.0121 e. The summed E-state index contributed by atoms with van der Waals surface area (Å²) >= 11 is 0. The van der Waals surface area contributed by atoms with Gasteiger partial charge in [0.2, 0.25) is 0 Å². The normalized spacial score (nSPS) is 21.8. The van der Waals surface area contributed by atoms with Crippen molar-refractivity contribution >= 4 is 0 Å². The molecular formula is C14H29N. The smallest absolute Gasteiger partial charge is 0.0121 e. The van der Waals surface area contributed by atoms with Crippen molar-refractivity contribution in [1.82, 2.24) is 5.32 Å². The minimum absolute atomic E-state index is 0.382. The molecule has 1 nitrogen and oxygen atoms in total. The molecule has 0 aromatic carbocycles. The third-order valence-corrected chi connectivity index (χ3v) is 3.55. The summed E-state index contributed by atoms with van der Waals surface area (Å²) in [4.78, 5) is 0. The van der Waals surface area contributed by atoms with E-state index < -0.39 is 0 Å². The van der Waals surface area contributed by atoms with Crippen LogP contribution in [0, 0.1) is 17.3 Å². The highest BCUT2D eigenvalue weighted by molar-refractivity contribution is 4.89. The standard InChI is InChI=1S/C14H29N/c1-10(2)9-13(14(4,5)6)15-11(3)12-7-8-12/h10-13,15H,7-9H2,1-6H3. The van der Waals surface area contributed by atoms with Crippen LogP contribution in [-0.4, -0.2) is 12.1 Å². The predicted octanol–water partition coefficient (Wildman–Crippen LogP) is 3.84. The summed E-state index contributed by atoms with van der Waals surface area (Å²) in [5, 5.41) is 3.85. The lowest BCUT2D eigenvalue weighted by atomic mass is 9.81. The Morgan fingerprint density at radius 1 is 1.13 bits per heavy atom. The molecule has 1 aliphatic carbocycles. The van der Waals surface area contributed by atoms with Crippen molar-refractivity contribution in [1.29, 1.82) is 0 Å². The molecule has 1 heteroatoms. The summed E-state index contributed by atoms with van der Waals surface area (Å²) in [5.74, 6) is 1.75. The molecule has 0 radical (unpaired) electrons. The lowest BCUT2D eigenvalue weighted by molar-refractivity contribution is 0.212. The quantitative estimate of drug-likeness (QED) is 0.728. The summed E-state index contributed by atoms with van der Waals surface area (Å²) in [6.45, 7) is 14.1. The average molecular weight is 211 g/mol. The van der Waals surface area contributed by atoms with Crippen LogP contribution in [0.2, 0.25) is 0 Å². The summed E-state index contributed by atoms with van der Waals surface area (Å²) in [6.07, 6.45) is 4.17. The van der Waals surface area contributed by atoms with Crippen molar-refractivity contribution in [2.45, 2.75) is 72.9 Å². The first-order chi connectivity index (χ1) is 6.80. The fourth-order valence-corrected chi connectivity index (χ4v) is 2.19. The first-order valence-electron chi connectivity index (χ1n) is 6.56. The van der Waals surface area contributed by atoms with Crippen LogP contribution < -0.4 is 5.32 Å². The Labute approximate surface area is 96.0 Å². The molecule has 1 rings (SSSR count). The largest absolute Gasteiger partial charge is 0.311 e. The second-order valence-corrected chi connectivity index (χ2v) is 6.84. The molecule has 1 saturated carbocycles. The molecule has 1 N–H and O–H groups in total. The highest BCUT2D eigenvalue weighted by atomic mass is 15.0. The fourth-order valence-electron chi connectivity index (χ4n) is 2.19. The van der Waals surface area contributed by atoms with E-state index in [0.717, 1.165) is 11.8 Å². The first kappa shape index (κ1) is 13.0. The lowest BCUT2D eigenvalue weighted by Gasteiger charge is -2.35. The van der Waals surface area contributed by atoms with Crippen LogP contribution in [0.15, 0.2) is 0 Å². The number of rotatable bonds is 5. The Balaban J connectivity index is 2.47. The summed E-state index contributed by atoms with van der Waals surface area (Å²) < 4.78 is 0. The predicted molar refractivity (Wildman–Crippen MR) is 68.0 cm³/mol. The molecule has 0 aliphatic heterocycles. The highest BCUT2D eigenvalue weighted by Crippen LogP contribution is 2.34. The van der Waals surface area contributed by atoms with Gasteiger partial charge in [-0.1, -0.05) is 34.6 Å². The second kappa shape index (κ2) is 4.86. The second-order valence-electron chi connectivity index (χ2n) is 6.84. The van der Waals surface area contributed by atoms with Gasteiger partial charge in [0.15, 0.2) is 0 Å². The van der Waals surface area contributed by atoms with E-state index in [9.17, 15) is 0 Å². The molecule has 15 heavy (non-hydrogen) atoms. The van der Waals surface area contributed by atoms with Gasteiger partial charge in [0.05, 0.1) is 0 Å². The Bertz CT molecular complexity index is 186. The Hall–Kier alpha value is -0.0400. The van der Waals surface area contributed by atoms with Crippen molar-refractivity contribution in [2.75, 3.05) is 0 Å². The molecule has 2 unspecified atom stereocenters. The highest BCUT2D eigenvalue weighted by Gasteiger charge is 2.32. The van der Waals surface area contributed by atoms with E-state index >= 15 is 0 Å². The van der Waals surface area contributed by atoms with Crippen molar-refractivity contribution in [2.24, 2.45) is 17.3 Å². The van der Waals surface area contributed by atoms with E-state index in [-0.39, 0.29) is 0 Å². The lowest BCUT2D eigenvalue weighted by Crippen LogP contribution is -2.46. The van der Waals surface area contributed by atoms with Crippen LogP contribution in [-0.2, 0) is 0 Å². The minimum atomic E-state index is 0.382. The molecule has 0 saturated heterocycles. The monoisotopic (exact) mass is 211 g/mol. The van der Waals surface area contributed by atoms with E-state index in [1.54, 1.807) is 0 Å². The summed E-state index contributed by atoms with van der Waals surface area (Å²) in [5.41, 5.74) is 0.382. The van der Waals surface area contributed by atoms with Crippen LogP contribution in [0.4, 0.5) is 0 Å². The van der Waals surface area contributed by atoms with Gasteiger partial charge in [0.25, 0.3) is 0 Å². The zero-order valence-electron chi connectivity index (χ0n) is 11.4. The summed E-state index contributed by atoms with van der Waals surface area (Å²) in [7, 11) is 0. The van der Waals surface area contributed by atoms with Gasteiger partial charge in [-0.15, -0.1) is 0 Å². The van der Waals surface area contributed by atoms with E-state index in [0.29, 0.717) is 17.5 Å². The van der Waals surface area contributed by atoms with Crippen LogP contribution in [0.5, 0.6) is 0 Å². The van der Waals surface area contributed by atoms with E-state index in [2.05, 4.69) is 46.9 Å². The number of nitrogens with one attached hydrogen (secondary N) is 1. The van der Waals surface area contributed by atoms with Crippen LogP contribution in [0.1, 0.15) is 60.8 Å². The Morgan fingerprint density at radius 2 is 1.67 bits per heavy atom. The Kier molecular flexibility index (Phi) is 4.22. The molecule has 0 aromatic rings. The topological polar surface area (TPSA) is 12.0 Å². The van der Waals surface area contributed by atoms with Gasteiger partial charge in [0.1, 0.15) is 0 Å². The molecule has 0 heterocycles. The fraction of sp³-hybridized carbons (Fsp3) is 1.00. The van der Waals surface area contributed by atoms with Gasteiger partial charge in [-0.2, -0.15) is 0 Å². The summed E-state index contributed by atoms with van der Waals surface area (Å²) in [6, 6.07) is 1.38. The molecular weight excluding hydrogens is 182 g/mol. The van der Waals surface area contributed by atoms with Gasteiger partial charge in [-0.05, 0) is 43.4 Å². The van der Waals surface area contributed by atoms with Crippen molar-refractivity contribution < 1.29 is 0 Å². The van der Waals surface area contributed by atoms with Gasteiger partial charge in [0, 0.05) is 12.1 Å². The van der Waals surface area contributed by atoms with Crippen molar-refractivity contribution in [3.05, 3.63) is 0 Å². The molecule has 0 bridgehead atoms. The zero-order valence-corrected chi connectivity index (χ0v) is 11.4. The molecule has 2 atom stereocenters. The van der Waals surface area contributed by atoms with E-state index in [4.69, 9.17) is 0 Å².